The Balaban J connectivity index is 2.34. The van der Waals surface area contributed by atoms with E-state index in [0.717, 1.165) is 18.7 Å². The fourth-order valence-electron chi connectivity index (χ4n) is 2.24. The monoisotopic (exact) mass is 243 g/mol. The van der Waals surface area contributed by atoms with E-state index in [1.54, 1.807) is 0 Å². The van der Waals surface area contributed by atoms with Gasteiger partial charge in [-0.2, -0.15) is 0 Å². The summed E-state index contributed by atoms with van der Waals surface area (Å²) in [6.07, 6.45) is 5.73. The van der Waals surface area contributed by atoms with E-state index in [0.29, 0.717) is 0 Å². The molecule has 1 heterocycles. The van der Waals surface area contributed by atoms with E-state index in [1.807, 2.05) is 19.3 Å². The van der Waals surface area contributed by atoms with E-state index in [1.165, 1.54) is 16.8 Å². The Hall–Kier alpha value is -1.61. The van der Waals surface area contributed by atoms with E-state index < -0.39 is 0 Å². The van der Waals surface area contributed by atoms with Crippen LogP contribution in [0.15, 0.2) is 30.6 Å². The number of hydrogen-bond donors (Lipinski definition) is 1. The summed E-state index contributed by atoms with van der Waals surface area (Å²) < 4.78 is 2.14. The van der Waals surface area contributed by atoms with Crippen molar-refractivity contribution in [3.05, 3.63) is 47.5 Å². The molecule has 0 saturated carbocycles. The van der Waals surface area contributed by atoms with Crippen LogP contribution in [0.2, 0.25) is 0 Å². The summed E-state index contributed by atoms with van der Waals surface area (Å²) in [5, 5.41) is 0. The molecule has 0 spiro atoms. The fraction of sp³-hybridized carbons (Fsp3) is 0.400. The van der Waals surface area contributed by atoms with Crippen molar-refractivity contribution in [2.45, 2.75) is 39.7 Å². The summed E-state index contributed by atoms with van der Waals surface area (Å²) in [6.45, 7) is 6.30. The molecular formula is C15H21N3. The standard InChI is InChI=1S/C15H21N3/c1-4-15-17-7-8-18(15)14-6-5-13(10-12(3)16)11(2)9-14/h5-9,12H,4,10,16H2,1-3H3. The highest BCUT2D eigenvalue weighted by Gasteiger charge is 2.06. The van der Waals surface area contributed by atoms with Crippen molar-refractivity contribution < 1.29 is 0 Å². The molecule has 0 aliphatic rings. The summed E-state index contributed by atoms with van der Waals surface area (Å²) in [5.74, 6) is 1.09. The lowest BCUT2D eigenvalue weighted by Gasteiger charge is -2.12. The Morgan fingerprint density at radius 3 is 2.78 bits per heavy atom. The fourth-order valence-corrected chi connectivity index (χ4v) is 2.24. The normalized spacial score (nSPS) is 12.7. The van der Waals surface area contributed by atoms with Crippen molar-refractivity contribution in [1.82, 2.24) is 9.55 Å². The summed E-state index contributed by atoms with van der Waals surface area (Å²) in [5.41, 5.74) is 9.65. The molecule has 3 heteroatoms. The quantitative estimate of drug-likeness (QED) is 0.897. The minimum Gasteiger partial charge on any atom is -0.328 e. The second kappa shape index (κ2) is 5.36. The van der Waals surface area contributed by atoms with Crippen LogP contribution in [0.3, 0.4) is 0 Å². The van der Waals surface area contributed by atoms with Crippen LogP contribution in [0.25, 0.3) is 5.69 Å². The molecule has 0 amide bonds. The SMILES string of the molecule is CCc1nccn1-c1ccc(CC(C)N)c(C)c1. The van der Waals surface area contributed by atoms with Gasteiger partial charge in [-0.1, -0.05) is 13.0 Å². The summed E-state index contributed by atoms with van der Waals surface area (Å²) in [7, 11) is 0. The maximum Gasteiger partial charge on any atom is 0.112 e. The van der Waals surface area contributed by atoms with Gasteiger partial charge in [0, 0.05) is 30.5 Å². The molecule has 1 aromatic carbocycles. The number of nitrogens with two attached hydrogens (primary N) is 1. The van der Waals surface area contributed by atoms with Crippen molar-refractivity contribution in [2.24, 2.45) is 5.73 Å². The van der Waals surface area contributed by atoms with Crippen LogP contribution in [0.5, 0.6) is 0 Å². The molecule has 18 heavy (non-hydrogen) atoms. The number of imidazole rings is 1. The van der Waals surface area contributed by atoms with Crippen molar-refractivity contribution in [1.29, 1.82) is 0 Å². The first kappa shape index (κ1) is 12.8. The third-order valence-electron chi connectivity index (χ3n) is 3.18. The lowest BCUT2D eigenvalue weighted by molar-refractivity contribution is 0.734. The molecule has 2 aromatic rings. The number of benzene rings is 1. The molecule has 0 fully saturated rings. The molecule has 2 rings (SSSR count). The summed E-state index contributed by atoms with van der Waals surface area (Å²) in [4.78, 5) is 4.35. The molecule has 1 aromatic heterocycles. The number of aryl methyl sites for hydroxylation is 2. The summed E-state index contributed by atoms with van der Waals surface area (Å²) in [6, 6.07) is 6.73. The number of hydrogen-bond acceptors (Lipinski definition) is 2. The van der Waals surface area contributed by atoms with E-state index in [2.05, 4.69) is 41.6 Å². The first-order valence-electron chi connectivity index (χ1n) is 6.49. The van der Waals surface area contributed by atoms with E-state index in [4.69, 9.17) is 5.73 Å². The van der Waals surface area contributed by atoms with Gasteiger partial charge in [0.05, 0.1) is 0 Å². The lowest BCUT2D eigenvalue weighted by atomic mass is 10.0. The molecule has 0 aliphatic heterocycles. The zero-order chi connectivity index (χ0) is 13.1. The van der Waals surface area contributed by atoms with Gasteiger partial charge in [-0.05, 0) is 43.5 Å². The molecule has 0 radical (unpaired) electrons. The highest BCUT2D eigenvalue weighted by Crippen LogP contribution is 2.17. The van der Waals surface area contributed by atoms with Gasteiger partial charge >= 0.3 is 0 Å². The first-order chi connectivity index (χ1) is 8.61. The number of nitrogens with zero attached hydrogens (tertiary/aromatic N) is 2. The smallest absolute Gasteiger partial charge is 0.112 e. The summed E-state index contributed by atoms with van der Waals surface area (Å²) >= 11 is 0. The minimum atomic E-state index is 0.203. The largest absolute Gasteiger partial charge is 0.328 e. The topological polar surface area (TPSA) is 43.8 Å². The van der Waals surface area contributed by atoms with Gasteiger partial charge in [-0.15, -0.1) is 0 Å². The van der Waals surface area contributed by atoms with Crippen molar-refractivity contribution in [3.63, 3.8) is 0 Å². The van der Waals surface area contributed by atoms with E-state index >= 15 is 0 Å². The van der Waals surface area contributed by atoms with Gasteiger partial charge in [0.25, 0.3) is 0 Å². The molecule has 2 N–H and O–H groups in total. The molecule has 1 unspecified atom stereocenters. The van der Waals surface area contributed by atoms with Crippen LogP contribution >= 0.6 is 0 Å². The van der Waals surface area contributed by atoms with Crippen LogP contribution < -0.4 is 5.73 Å². The van der Waals surface area contributed by atoms with Gasteiger partial charge in [0.2, 0.25) is 0 Å². The number of aromatic nitrogens is 2. The third kappa shape index (κ3) is 2.62. The minimum absolute atomic E-state index is 0.203. The second-order valence-electron chi connectivity index (χ2n) is 4.86. The molecule has 0 bridgehead atoms. The molecule has 3 nitrogen and oxygen atoms in total. The van der Waals surface area contributed by atoms with Crippen LogP contribution in [0, 0.1) is 6.92 Å². The van der Waals surface area contributed by atoms with Crippen molar-refractivity contribution in [2.75, 3.05) is 0 Å². The first-order valence-corrected chi connectivity index (χ1v) is 6.49. The Morgan fingerprint density at radius 1 is 1.39 bits per heavy atom. The van der Waals surface area contributed by atoms with Gasteiger partial charge < -0.3 is 10.3 Å². The van der Waals surface area contributed by atoms with E-state index in [-0.39, 0.29) is 6.04 Å². The third-order valence-corrected chi connectivity index (χ3v) is 3.18. The zero-order valence-electron chi connectivity index (χ0n) is 11.4. The van der Waals surface area contributed by atoms with E-state index in [9.17, 15) is 0 Å². The van der Waals surface area contributed by atoms with Gasteiger partial charge in [-0.25, -0.2) is 4.98 Å². The van der Waals surface area contributed by atoms with Crippen LogP contribution in [0.4, 0.5) is 0 Å². The molecule has 0 aliphatic carbocycles. The maximum absolute atomic E-state index is 5.86. The lowest BCUT2D eigenvalue weighted by Crippen LogP contribution is -2.18. The predicted octanol–water partition coefficient (Wildman–Crippen LogP) is 2.63. The molecular weight excluding hydrogens is 222 g/mol. The Kier molecular flexibility index (Phi) is 3.82. The van der Waals surface area contributed by atoms with Crippen molar-refractivity contribution in [3.8, 4) is 5.69 Å². The molecule has 0 saturated heterocycles. The van der Waals surface area contributed by atoms with Gasteiger partial charge in [-0.3, -0.25) is 0 Å². The maximum atomic E-state index is 5.86. The van der Waals surface area contributed by atoms with Crippen molar-refractivity contribution >= 4 is 0 Å². The Morgan fingerprint density at radius 2 is 2.17 bits per heavy atom. The van der Waals surface area contributed by atoms with Gasteiger partial charge in [0.1, 0.15) is 5.82 Å². The Labute approximate surface area is 109 Å². The van der Waals surface area contributed by atoms with Crippen LogP contribution in [-0.4, -0.2) is 15.6 Å². The second-order valence-corrected chi connectivity index (χ2v) is 4.86. The van der Waals surface area contributed by atoms with Crippen LogP contribution in [-0.2, 0) is 12.8 Å². The highest BCUT2D eigenvalue weighted by molar-refractivity contribution is 5.41. The average molecular weight is 243 g/mol. The Bertz CT molecular complexity index is 526. The predicted molar refractivity (Wildman–Crippen MR) is 75.0 cm³/mol. The average Bonchev–Trinajstić information content (AvgIpc) is 2.79. The highest BCUT2D eigenvalue weighted by atomic mass is 15.1. The number of rotatable bonds is 4. The van der Waals surface area contributed by atoms with Crippen LogP contribution in [0.1, 0.15) is 30.8 Å². The zero-order valence-corrected chi connectivity index (χ0v) is 11.4. The van der Waals surface area contributed by atoms with Gasteiger partial charge in [0.15, 0.2) is 0 Å². The molecule has 96 valence electrons. The molecule has 1 atom stereocenters.